The number of nitrogens with zero attached hydrogens (tertiary/aromatic N) is 1. The van der Waals surface area contributed by atoms with E-state index >= 15 is 0 Å². The molecule has 3 aromatic carbocycles. The maximum absolute atomic E-state index is 4.80. The number of aromatic amines is 1. The second kappa shape index (κ2) is 7.16. The van der Waals surface area contributed by atoms with Crippen molar-refractivity contribution in [1.82, 2.24) is 9.97 Å². The molecule has 0 saturated heterocycles. The molecule has 4 heteroatoms. The number of nitrogens with one attached hydrogen (secondary N) is 3. The average molecular weight is 356 g/mol. The van der Waals surface area contributed by atoms with Gasteiger partial charge in [-0.3, -0.25) is 0 Å². The Kier molecular flexibility index (Phi) is 4.55. The van der Waals surface area contributed by atoms with E-state index < -0.39 is 0 Å². The van der Waals surface area contributed by atoms with E-state index in [1.165, 1.54) is 22.3 Å². The number of anilines is 3. The number of aryl methyl sites for hydroxylation is 3. The molecule has 0 aliphatic carbocycles. The maximum atomic E-state index is 4.80. The summed E-state index contributed by atoms with van der Waals surface area (Å²) >= 11 is 0. The van der Waals surface area contributed by atoms with Crippen LogP contribution in [0.25, 0.3) is 11.0 Å². The molecule has 27 heavy (non-hydrogen) atoms. The number of imidazole rings is 1. The van der Waals surface area contributed by atoms with Gasteiger partial charge < -0.3 is 15.6 Å². The second-order valence-electron chi connectivity index (χ2n) is 7.03. The molecular formula is C23H24N4. The van der Waals surface area contributed by atoms with Crippen molar-refractivity contribution in [2.24, 2.45) is 0 Å². The number of H-pyrrole nitrogens is 1. The molecule has 4 nitrogen and oxygen atoms in total. The molecule has 0 saturated carbocycles. The zero-order valence-corrected chi connectivity index (χ0v) is 15.9. The van der Waals surface area contributed by atoms with Crippen LogP contribution in [-0.2, 0) is 6.54 Å². The van der Waals surface area contributed by atoms with Crippen LogP contribution in [0.4, 0.5) is 17.3 Å². The molecule has 0 spiro atoms. The van der Waals surface area contributed by atoms with Crippen LogP contribution in [0.15, 0.2) is 60.7 Å². The molecular weight excluding hydrogens is 332 g/mol. The first-order valence-electron chi connectivity index (χ1n) is 9.21. The molecule has 1 heterocycles. The number of aromatic nitrogens is 2. The quantitative estimate of drug-likeness (QED) is 0.421. The Morgan fingerprint density at radius 1 is 0.889 bits per heavy atom. The van der Waals surface area contributed by atoms with E-state index in [0.717, 1.165) is 34.9 Å². The van der Waals surface area contributed by atoms with Crippen LogP contribution >= 0.6 is 0 Å². The van der Waals surface area contributed by atoms with Crippen molar-refractivity contribution in [1.29, 1.82) is 0 Å². The van der Waals surface area contributed by atoms with Gasteiger partial charge in [0.1, 0.15) is 5.52 Å². The first kappa shape index (κ1) is 17.2. The second-order valence-corrected chi connectivity index (χ2v) is 7.03. The third-order valence-electron chi connectivity index (χ3n) is 4.76. The summed E-state index contributed by atoms with van der Waals surface area (Å²) in [5.74, 6) is 0.758. The smallest absolute Gasteiger partial charge is 0.205 e. The molecule has 4 aromatic rings. The van der Waals surface area contributed by atoms with E-state index in [9.17, 15) is 0 Å². The predicted octanol–water partition coefficient (Wildman–Crippen LogP) is 5.84. The monoisotopic (exact) mass is 356 g/mol. The highest BCUT2D eigenvalue weighted by molar-refractivity contribution is 5.90. The summed E-state index contributed by atoms with van der Waals surface area (Å²) in [5, 5.41) is 6.96. The largest absolute Gasteiger partial charge is 0.379 e. The highest BCUT2D eigenvalue weighted by Crippen LogP contribution is 2.28. The van der Waals surface area contributed by atoms with E-state index in [0.29, 0.717) is 0 Å². The summed E-state index contributed by atoms with van der Waals surface area (Å²) in [5.41, 5.74) is 9.04. The lowest BCUT2D eigenvalue weighted by atomic mass is 10.1. The lowest BCUT2D eigenvalue weighted by Crippen LogP contribution is -2.00. The molecule has 0 unspecified atom stereocenters. The molecule has 0 aliphatic heterocycles. The molecule has 0 fully saturated rings. The minimum atomic E-state index is 0.758. The summed E-state index contributed by atoms with van der Waals surface area (Å²) in [6.07, 6.45) is 0. The van der Waals surface area contributed by atoms with Gasteiger partial charge in [-0.25, -0.2) is 4.98 Å². The zero-order chi connectivity index (χ0) is 18.8. The molecule has 0 aliphatic rings. The normalized spacial score (nSPS) is 10.9. The Morgan fingerprint density at radius 3 is 2.37 bits per heavy atom. The number of rotatable bonds is 5. The third-order valence-corrected chi connectivity index (χ3v) is 4.76. The van der Waals surface area contributed by atoms with Gasteiger partial charge in [-0.15, -0.1) is 0 Å². The minimum Gasteiger partial charge on any atom is -0.379 e. The van der Waals surface area contributed by atoms with Crippen LogP contribution in [0.3, 0.4) is 0 Å². The van der Waals surface area contributed by atoms with Gasteiger partial charge in [-0.2, -0.15) is 0 Å². The van der Waals surface area contributed by atoms with E-state index in [2.05, 4.69) is 84.9 Å². The number of fused-ring (bicyclic) bond motifs is 1. The van der Waals surface area contributed by atoms with Crippen LogP contribution < -0.4 is 10.6 Å². The number of para-hydroxylation sites is 1. The zero-order valence-electron chi connectivity index (χ0n) is 15.9. The Bertz CT molecular complexity index is 1060. The van der Waals surface area contributed by atoms with Gasteiger partial charge >= 0.3 is 0 Å². The Morgan fingerprint density at radius 2 is 1.63 bits per heavy atom. The highest BCUT2D eigenvalue weighted by atomic mass is 15.1. The highest BCUT2D eigenvalue weighted by Gasteiger charge is 2.10. The fourth-order valence-electron chi connectivity index (χ4n) is 3.52. The topological polar surface area (TPSA) is 52.7 Å². The number of hydrogen-bond donors (Lipinski definition) is 3. The first-order chi connectivity index (χ1) is 13.1. The van der Waals surface area contributed by atoms with Crippen LogP contribution in [0, 0.1) is 20.8 Å². The summed E-state index contributed by atoms with van der Waals surface area (Å²) < 4.78 is 0. The van der Waals surface area contributed by atoms with Gasteiger partial charge in [0.05, 0.1) is 11.2 Å². The van der Waals surface area contributed by atoms with Crippen molar-refractivity contribution < 1.29 is 0 Å². The van der Waals surface area contributed by atoms with Crippen LogP contribution in [0.2, 0.25) is 0 Å². The molecule has 4 rings (SSSR count). The minimum absolute atomic E-state index is 0.758. The van der Waals surface area contributed by atoms with E-state index in [1.807, 2.05) is 12.1 Å². The van der Waals surface area contributed by atoms with E-state index in [-0.39, 0.29) is 0 Å². The summed E-state index contributed by atoms with van der Waals surface area (Å²) in [4.78, 5) is 8.19. The third kappa shape index (κ3) is 3.65. The predicted molar refractivity (Wildman–Crippen MR) is 114 cm³/mol. The molecule has 3 N–H and O–H groups in total. The molecule has 0 atom stereocenters. The maximum Gasteiger partial charge on any atom is 0.205 e. The summed E-state index contributed by atoms with van der Waals surface area (Å²) in [6.45, 7) is 7.14. The van der Waals surface area contributed by atoms with Crippen LogP contribution in [0.5, 0.6) is 0 Å². The van der Waals surface area contributed by atoms with Crippen LogP contribution in [-0.4, -0.2) is 9.97 Å². The molecule has 1 aromatic heterocycles. The van der Waals surface area contributed by atoms with Gasteiger partial charge in [0.2, 0.25) is 5.95 Å². The number of hydrogen-bond acceptors (Lipinski definition) is 3. The molecule has 0 radical (unpaired) electrons. The lowest BCUT2D eigenvalue weighted by Gasteiger charge is -2.11. The van der Waals surface area contributed by atoms with Crippen molar-refractivity contribution >= 4 is 28.4 Å². The van der Waals surface area contributed by atoms with Crippen molar-refractivity contribution in [2.45, 2.75) is 27.3 Å². The standard InChI is InChI=1S/C23H24N4/c1-15-12-16(2)21(17(3)13-15)26-23-25-20-11-7-10-19(22(20)27-23)24-14-18-8-5-4-6-9-18/h4-13,24H,14H2,1-3H3,(H2,25,26,27). The average Bonchev–Trinajstić information content (AvgIpc) is 3.07. The van der Waals surface area contributed by atoms with E-state index in [1.54, 1.807) is 0 Å². The van der Waals surface area contributed by atoms with Crippen molar-refractivity contribution in [3.05, 3.63) is 82.9 Å². The van der Waals surface area contributed by atoms with Gasteiger partial charge in [0.15, 0.2) is 0 Å². The molecule has 136 valence electrons. The first-order valence-corrected chi connectivity index (χ1v) is 9.21. The fourth-order valence-corrected chi connectivity index (χ4v) is 3.52. The fraction of sp³-hybridized carbons (Fsp3) is 0.174. The van der Waals surface area contributed by atoms with Gasteiger partial charge in [-0.05, 0) is 49.6 Å². The van der Waals surface area contributed by atoms with E-state index in [4.69, 9.17) is 4.98 Å². The molecule has 0 bridgehead atoms. The summed E-state index contributed by atoms with van der Waals surface area (Å²) in [7, 11) is 0. The van der Waals surface area contributed by atoms with Crippen molar-refractivity contribution in [3.8, 4) is 0 Å². The Hall–Kier alpha value is -3.27. The Labute approximate surface area is 159 Å². The SMILES string of the molecule is Cc1cc(C)c(Nc2nc3c(NCc4ccccc4)cccc3[nH]2)c(C)c1. The van der Waals surface area contributed by atoms with Crippen LogP contribution in [0.1, 0.15) is 22.3 Å². The van der Waals surface area contributed by atoms with Gasteiger partial charge in [-0.1, -0.05) is 54.1 Å². The molecule has 0 amide bonds. The Balaban J connectivity index is 1.61. The van der Waals surface area contributed by atoms with Crippen molar-refractivity contribution in [2.75, 3.05) is 10.6 Å². The lowest BCUT2D eigenvalue weighted by molar-refractivity contribution is 1.15. The summed E-state index contributed by atoms with van der Waals surface area (Å²) in [6, 6.07) is 20.9. The van der Waals surface area contributed by atoms with Crippen molar-refractivity contribution in [3.63, 3.8) is 0 Å². The van der Waals surface area contributed by atoms with Gasteiger partial charge in [0, 0.05) is 12.2 Å². The van der Waals surface area contributed by atoms with Gasteiger partial charge in [0.25, 0.3) is 0 Å². The number of benzene rings is 3.